The van der Waals surface area contributed by atoms with Gasteiger partial charge in [-0.2, -0.15) is 0 Å². The van der Waals surface area contributed by atoms with Gasteiger partial charge in [0.15, 0.2) is 0 Å². The van der Waals surface area contributed by atoms with Crippen LogP contribution in [0.5, 0.6) is 0 Å². The highest BCUT2D eigenvalue weighted by atomic mass is 16.3. The fourth-order valence-corrected chi connectivity index (χ4v) is 2.60. The van der Waals surface area contributed by atoms with E-state index >= 15 is 0 Å². The van der Waals surface area contributed by atoms with E-state index in [1.54, 1.807) is 0 Å². The molecule has 20 heavy (non-hydrogen) atoms. The molecule has 0 spiro atoms. The summed E-state index contributed by atoms with van der Waals surface area (Å²) in [4.78, 5) is 16.7. The second-order valence-corrected chi connectivity index (χ2v) is 5.51. The fourth-order valence-electron chi connectivity index (χ4n) is 2.60. The van der Waals surface area contributed by atoms with Crippen LogP contribution in [0.25, 0.3) is 0 Å². The first-order valence-electron chi connectivity index (χ1n) is 7.31. The summed E-state index contributed by atoms with van der Waals surface area (Å²) in [6, 6.07) is 5.91. The molecule has 0 bridgehead atoms. The van der Waals surface area contributed by atoms with Crippen molar-refractivity contribution in [3.8, 4) is 0 Å². The van der Waals surface area contributed by atoms with Crippen LogP contribution >= 0.6 is 0 Å². The average Bonchev–Trinajstić information content (AvgIpc) is 2.67. The van der Waals surface area contributed by atoms with Crippen molar-refractivity contribution in [2.45, 2.75) is 20.3 Å². The van der Waals surface area contributed by atoms with Gasteiger partial charge < -0.3 is 10.0 Å². The molecule has 4 heteroatoms. The van der Waals surface area contributed by atoms with Gasteiger partial charge in [-0.3, -0.25) is 9.69 Å². The lowest BCUT2D eigenvalue weighted by atomic mass is 10.1. The molecule has 110 valence electrons. The third kappa shape index (κ3) is 3.58. The van der Waals surface area contributed by atoms with Gasteiger partial charge in [-0.25, -0.2) is 0 Å². The molecule has 1 aliphatic heterocycles. The number of carbonyl (C=O) groups is 1. The monoisotopic (exact) mass is 276 g/mol. The van der Waals surface area contributed by atoms with Gasteiger partial charge in [0.25, 0.3) is 5.91 Å². The van der Waals surface area contributed by atoms with Gasteiger partial charge in [-0.15, -0.1) is 0 Å². The molecule has 2 rings (SSSR count). The zero-order chi connectivity index (χ0) is 14.5. The molecule has 1 heterocycles. The molecule has 4 nitrogen and oxygen atoms in total. The Morgan fingerprint density at radius 3 is 2.65 bits per heavy atom. The molecule has 0 aromatic heterocycles. The van der Waals surface area contributed by atoms with E-state index < -0.39 is 0 Å². The van der Waals surface area contributed by atoms with Crippen LogP contribution in [0.15, 0.2) is 18.2 Å². The molecular weight excluding hydrogens is 252 g/mol. The summed E-state index contributed by atoms with van der Waals surface area (Å²) in [6.07, 6.45) is 0.969. The predicted molar refractivity (Wildman–Crippen MR) is 80.0 cm³/mol. The second-order valence-electron chi connectivity index (χ2n) is 5.51. The number of aliphatic hydroxyl groups is 1. The normalized spacial score (nSPS) is 17.1. The van der Waals surface area contributed by atoms with Crippen LogP contribution in [0.2, 0.25) is 0 Å². The number of amides is 1. The van der Waals surface area contributed by atoms with E-state index in [0.29, 0.717) is 6.54 Å². The molecule has 0 radical (unpaired) electrons. The minimum absolute atomic E-state index is 0.124. The van der Waals surface area contributed by atoms with Crippen molar-refractivity contribution in [1.29, 1.82) is 0 Å². The van der Waals surface area contributed by atoms with E-state index in [4.69, 9.17) is 5.11 Å². The van der Waals surface area contributed by atoms with Crippen molar-refractivity contribution >= 4 is 5.91 Å². The van der Waals surface area contributed by atoms with Crippen LogP contribution in [-0.2, 0) is 0 Å². The van der Waals surface area contributed by atoms with Gasteiger partial charge in [0, 0.05) is 31.7 Å². The van der Waals surface area contributed by atoms with Gasteiger partial charge in [-0.05, 0) is 50.1 Å². The molecule has 0 aliphatic carbocycles. The number of rotatable bonds is 3. The SMILES string of the molecule is Cc1ccc(C(=O)N2CCCN(CCO)CC2)cc1C. The van der Waals surface area contributed by atoms with Crippen LogP contribution in [0.1, 0.15) is 27.9 Å². The van der Waals surface area contributed by atoms with Crippen LogP contribution in [0.3, 0.4) is 0 Å². The summed E-state index contributed by atoms with van der Waals surface area (Å²) in [5.74, 6) is 0.124. The molecule has 0 unspecified atom stereocenters. The van der Waals surface area contributed by atoms with Gasteiger partial charge in [0.1, 0.15) is 0 Å². The van der Waals surface area contributed by atoms with Gasteiger partial charge in [0.05, 0.1) is 6.61 Å². The predicted octanol–water partition coefficient (Wildman–Crippen LogP) is 1.44. The largest absolute Gasteiger partial charge is 0.395 e. The van der Waals surface area contributed by atoms with Gasteiger partial charge >= 0.3 is 0 Å². The summed E-state index contributed by atoms with van der Waals surface area (Å²) in [5.41, 5.74) is 3.16. The van der Waals surface area contributed by atoms with Crippen molar-refractivity contribution in [2.24, 2.45) is 0 Å². The molecule has 1 amide bonds. The Morgan fingerprint density at radius 2 is 1.95 bits per heavy atom. The molecule has 0 saturated carbocycles. The van der Waals surface area contributed by atoms with Crippen molar-refractivity contribution in [1.82, 2.24) is 9.80 Å². The highest BCUT2D eigenvalue weighted by Gasteiger charge is 2.20. The Labute approximate surface area is 121 Å². The number of aliphatic hydroxyl groups excluding tert-OH is 1. The van der Waals surface area contributed by atoms with Crippen LogP contribution in [0.4, 0.5) is 0 Å². The van der Waals surface area contributed by atoms with Crippen molar-refractivity contribution in [3.63, 3.8) is 0 Å². The highest BCUT2D eigenvalue weighted by molar-refractivity contribution is 5.94. The first-order chi connectivity index (χ1) is 9.61. The lowest BCUT2D eigenvalue weighted by Crippen LogP contribution is -2.35. The van der Waals surface area contributed by atoms with Crippen LogP contribution in [-0.4, -0.2) is 60.1 Å². The summed E-state index contributed by atoms with van der Waals surface area (Å²) < 4.78 is 0. The molecule has 0 atom stereocenters. The minimum atomic E-state index is 0.124. The van der Waals surface area contributed by atoms with Crippen LogP contribution < -0.4 is 0 Å². The number of carbonyl (C=O) groups excluding carboxylic acids is 1. The lowest BCUT2D eigenvalue weighted by Gasteiger charge is -2.22. The number of hydrogen-bond acceptors (Lipinski definition) is 3. The molecule has 1 fully saturated rings. The minimum Gasteiger partial charge on any atom is -0.395 e. The Kier molecular flexibility index (Phi) is 5.15. The summed E-state index contributed by atoms with van der Waals surface area (Å²) in [7, 11) is 0. The average molecular weight is 276 g/mol. The quantitative estimate of drug-likeness (QED) is 0.908. The fraction of sp³-hybridized carbons (Fsp3) is 0.562. The Hall–Kier alpha value is -1.39. The molecule has 1 N–H and O–H groups in total. The maximum absolute atomic E-state index is 12.5. The summed E-state index contributed by atoms with van der Waals surface area (Å²) in [5, 5.41) is 9.00. The molecule has 1 aromatic rings. The zero-order valence-corrected chi connectivity index (χ0v) is 12.4. The van der Waals surface area contributed by atoms with E-state index in [9.17, 15) is 4.79 Å². The molecular formula is C16H24N2O2. The van der Waals surface area contributed by atoms with Crippen LogP contribution in [0, 0.1) is 13.8 Å². The lowest BCUT2D eigenvalue weighted by molar-refractivity contribution is 0.0760. The summed E-state index contributed by atoms with van der Waals surface area (Å²) >= 11 is 0. The van der Waals surface area contributed by atoms with Gasteiger partial charge in [-0.1, -0.05) is 6.07 Å². The summed E-state index contributed by atoms with van der Waals surface area (Å²) in [6.45, 7) is 8.32. The highest BCUT2D eigenvalue weighted by Crippen LogP contribution is 2.13. The van der Waals surface area contributed by atoms with Crippen molar-refractivity contribution in [3.05, 3.63) is 34.9 Å². The topological polar surface area (TPSA) is 43.8 Å². The van der Waals surface area contributed by atoms with Crippen molar-refractivity contribution < 1.29 is 9.90 Å². The number of hydrogen-bond donors (Lipinski definition) is 1. The number of benzene rings is 1. The van der Waals surface area contributed by atoms with E-state index in [1.807, 2.05) is 30.0 Å². The zero-order valence-electron chi connectivity index (χ0n) is 12.4. The van der Waals surface area contributed by atoms with E-state index in [-0.39, 0.29) is 12.5 Å². The van der Waals surface area contributed by atoms with E-state index in [0.717, 1.165) is 43.7 Å². The van der Waals surface area contributed by atoms with Crippen molar-refractivity contribution in [2.75, 3.05) is 39.3 Å². The third-order valence-electron chi connectivity index (χ3n) is 4.05. The molecule has 1 saturated heterocycles. The van der Waals surface area contributed by atoms with E-state index in [1.165, 1.54) is 5.56 Å². The van der Waals surface area contributed by atoms with Gasteiger partial charge in [0.2, 0.25) is 0 Å². The standard InChI is InChI=1S/C16H24N2O2/c1-13-4-5-15(12-14(13)2)16(20)18-7-3-6-17(8-9-18)10-11-19/h4-5,12,19H,3,6-11H2,1-2H3. The smallest absolute Gasteiger partial charge is 0.253 e. The molecule has 1 aromatic carbocycles. The second kappa shape index (κ2) is 6.86. The number of aryl methyl sites for hydroxylation is 2. The number of nitrogens with zero attached hydrogens (tertiary/aromatic N) is 2. The maximum atomic E-state index is 12.5. The Morgan fingerprint density at radius 1 is 1.15 bits per heavy atom. The van der Waals surface area contributed by atoms with E-state index in [2.05, 4.69) is 11.8 Å². The maximum Gasteiger partial charge on any atom is 0.253 e. The third-order valence-corrected chi connectivity index (χ3v) is 4.05. The Balaban J connectivity index is 2.03. The molecule has 1 aliphatic rings. The number of β-amino-alcohol motifs (C(OH)–C–C–N with tert-alkyl or cyclic N) is 1. The first kappa shape index (κ1) is 15.0. The first-order valence-corrected chi connectivity index (χ1v) is 7.31. The Bertz CT molecular complexity index is 474.